The highest BCUT2D eigenvalue weighted by atomic mass is 16.5. The number of nitrogens with zero attached hydrogens (tertiary/aromatic N) is 1. The number of H-pyrrole nitrogens is 2. The number of rotatable bonds is 8. The molecule has 1 amide bonds. The third kappa shape index (κ3) is 4.55. The van der Waals surface area contributed by atoms with Crippen LogP contribution in [-0.2, 0) is 24.2 Å². The minimum absolute atomic E-state index is 0.349. The number of amides is 1. The highest BCUT2D eigenvalue weighted by molar-refractivity contribution is 5.90. The average Bonchev–Trinajstić information content (AvgIpc) is 3.58. The number of aromatic nitrogens is 2. The molecule has 0 aliphatic heterocycles. The predicted molar refractivity (Wildman–Crippen MR) is 134 cm³/mol. The molecule has 2 aromatic heterocycles. The summed E-state index contributed by atoms with van der Waals surface area (Å²) < 4.78 is 0. The first-order valence-electron chi connectivity index (χ1n) is 11.8. The fraction of sp³-hybridized carbons (Fsp3) is 0.250. The Balaban J connectivity index is 1.39. The van der Waals surface area contributed by atoms with E-state index in [9.17, 15) is 4.79 Å². The number of hydrogen-bond donors (Lipinski definition) is 4. The first-order chi connectivity index (χ1) is 16.6. The molecule has 1 atom stereocenters. The fourth-order valence-electron chi connectivity index (χ4n) is 5.11. The van der Waals surface area contributed by atoms with Crippen LogP contribution in [0.5, 0.6) is 0 Å². The van der Waals surface area contributed by atoms with Gasteiger partial charge in [-0.25, -0.2) is 5.48 Å². The van der Waals surface area contributed by atoms with Gasteiger partial charge in [-0.3, -0.25) is 14.9 Å². The van der Waals surface area contributed by atoms with Crippen molar-refractivity contribution >= 4 is 22.9 Å². The lowest BCUT2D eigenvalue weighted by atomic mass is 10.0. The van der Waals surface area contributed by atoms with Crippen LogP contribution >= 0.6 is 0 Å². The lowest BCUT2D eigenvalue weighted by Crippen LogP contribution is -2.29. The monoisotopic (exact) mass is 454 g/mol. The van der Waals surface area contributed by atoms with Gasteiger partial charge in [0.25, 0.3) is 5.91 Å². The van der Waals surface area contributed by atoms with Crippen molar-refractivity contribution in [2.24, 2.45) is 0 Å². The molecule has 0 saturated carbocycles. The molecule has 0 radical (unpaired) electrons. The van der Waals surface area contributed by atoms with Crippen LogP contribution in [-0.4, -0.2) is 32.5 Å². The minimum atomic E-state index is -0.525. The Labute approximate surface area is 199 Å². The SMILES string of the molecule is Cc1cc[nH]c1CN(CCc1c[nH]c2ccccc12)C1CCc2cc(/C=C/C(=O)NO)ccc21. The van der Waals surface area contributed by atoms with Crippen LogP contribution < -0.4 is 5.48 Å². The number of carbonyl (C=O) groups is 1. The van der Waals surface area contributed by atoms with Gasteiger partial charge in [-0.1, -0.05) is 36.4 Å². The second kappa shape index (κ2) is 9.71. The molecule has 4 N–H and O–H groups in total. The Morgan fingerprint density at radius 2 is 2.09 bits per heavy atom. The molecule has 2 heterocycles. The van der Waals surface area contributed by atoms with Crippen LogP contribution in [0.15, 0.2) is 67.0 Å². The van der Waals surface area contributed by atoms with E-state index in [1.54, 1.807) is 11.6 Å². The quantitative estimate of drug-likeness (QED) is 0.171. The molecular weight excluding hydrogens is 424 g/mol. The van der Waals surface area contributed by atoms with Crippen LogP contribution in [0.3, 0.4) is 0 Å². The zero-order chi connectivity index (χ0) is 23.5. The summed E-state index contributed by atoms with van der Waals surface area (Å²) in [5.41, 5.74) is 10.4. The standard InChI is InChI=1S/C28H30N4O2/c1-19-12-14-29-26(19)18-32(15-13-22-17-30-25-5-3-2-4-23(22)25)27-10-8-21-16-20(6-9-24(21)27)7-11-28(33)31-34/h2-7,9,11-12,14,16-17,27,29-30,34H,8,10,13,15,18H2,1H3,(H,31,33)/b11-7+. The fourth-order valence-corrected chi connectivity index (χ4v) is 5.11. The topological polar surface area (TPSA) is 84.2 Å². The van der Waals surface area contributed by atoms with Gasteiger partial charge in [0.2, 0.25) is 0 Å². The first kappa shape index (κ1) is 22.2. The maximum atomic E-state index is 11.3. The van der Waals surface area contributed by atoms with Gasteiger partial charge in [-0.15, -0.1) is 0 Å². The van der Waals surface area contributed by atoms with Crippen molar-refractivity contribution in [2.75, 3.05) is 6.54 Å². The van der Waals surface area contributed by atoms with E-state index in [-0.39, 0.29) is 0 Å². The molecule has 6 heteroatoms. The summed E-state index contributed by atoms with van der Waals surface area (Å²) in [4.78, 5) is 20.8. The van der Waals surface area contributed by atoms with E-state index in [1.807, 2.05) is 6.20 Å². The summed E-state index contributed by atoms with van der Waals surface area (Å²) in [6.45, 7) is 4.00. The average molecular weight is 455 g/mol. The molecule has 1 unspecified atom stereocenters. The number of hydrogen-bond acceptors (Lipinski definition) is 3. The Hall–Kier alpha value is -3.61. The van der Waals surface area contributed by atoms with Crippen molar-refractivity contribution < 1.29 is 10.0 Å². The Kier molecular flexibility index (Phi) is 6.34. The summed E-state index contributed by atoms with van der Waals surface area (Å²) in [6, 6.07) is 17.4. The molecule has 4 aromatic rings. The van der Waals surface area contributed by atoms with Crippen molar-refractivity contribution in [2.45, 2.75) is 38.8 Å². The van der Waals surface area contributed by atoms with Gasteiger partial charge in [-0.2, -0.15) is 0 Å². The first-order valence-corrected chi connectivity index (χ1v) is 11.8. The second-order valence-corrected chi connectivity index (χ2v) is 9.04. The highest BCUT2D eigenvalue weighted by Crippen LogP contribution is 2.37. The summed E-state index contributed by atoms with van der Waals surface area (Å²) >= 11 is 0. The number of carbonyl (C=O) groups excluding carboxylic acids is 1. The molecule has 0 bridgehead atoms. The van der Waals surface area contributed by atoms with Crippen LogP contribution in [0.1, 0.15) is 46.0 Å². The molecular formula is C28H30N4O2. The van der Waals surface area contributed by atoms with Crippen LogP contribution in [0.4, 0.5) is 0 Å². The Bertz CT molecular complexity index is 1330. The number of aromatic amines is 2. The summed E-state index contributed by atoms with van der Waals surface area (Å²) in [7, 11) is 0. The molecule has 174 valence electrons. The van der Waals surface area contributed by atoms with E-state index >= 15 is 0 Å². The summed E-state index contributed by atoms with van der Waals surface area (Å²) in [5, 5.41) is 10.0. The van der Waals surface area contributed by atoms with Crippen molar-refractivity contribution in [3.05, 3.63) is 101 Å². The van der Waals surface area contributed by atoms with Crippen LogP contribution in [0.25, 0.3) is 17.0 Å². The molecule has 1 aliphatic carbocycles. The van der Waals surface area contributed by atoms with Gasteiger partial charge in [-0.05, 0) is 72.2 Å². The smallest absolute Gasteiger partial charge is 0.267 e. The van der Waals surface area contributed by atoms with E-state index in [0.29, 0.717) is 6.04 Å². The number of hydroxylamine groups is 1. The van der Waals surface area contributed by atoms with E-state index in [2.05, 4.69) is 76.5 Å². The lowest BCUT2D eigenvalue weighted by Gasteiger charge is -2.30. The number of para-hydroxylation sites is 1. The number of aryl methyl sites for hydroxylation is 2. The maximum absolute atomic E-state index is 11.3. The van der Waals surface area contributed by atoms with Gasteiger partial charge in [0.15, 0.2) is 0 Å². The molecule has 1 aliphatic rings. The van der Waals surface area contributed by atoms with Gasteiger partial charge < -0.3 is 9.97 Å². The van der Waals surface area contributed by atoms with Gasteiger partial charge in [0.05, 0.1) is 0 Å². The molecule has 2 aromatic carbocycles. The Morgan fingerprint density at radius 3 is 2.91 bits per heavy atom. The second-order valence-electron chi connectivity index (χ2n) is 9.04. The lowest BCUT2D eigenvalue weighted by molar-refractivity contribution is -0.124. The minimum Gasteiger partial charge on any atom is -0.364 e. The third-order valence-electron chi connectivity index (χ3n) is 6.96. The van der Waals surface area contributed by atoms with Crippen LogP contribution in [0.2, 0.25) is 0 Å². The highest BCUT2D eigenvalue weighted by Gasteiger charge is 2.28. The third-order valence-corrected chi connectivity index (χ3v) is 6.96. The Morgan fingerprint density at radius 1 is 1.21 bits per heavy atom. The van der Waals surface area contributed by atoms with Gasteiger partial charge in [0, 0.05) is 54.2 Å². The van der Waals surface area contributed by atoms with E-state index < -0.39 is 5.91 Å². The molecule has 0 spiro atoms. The predicted octanol–water partition coefficient (Wildman–Crippen LogP) is 5.06. The zero-order valence-corrected chi connectivity index (χ0v) is 19.3. The molecule has 0 fully saturated rings. The molecule has 34 heavy (non-hydrogen) atoms. The van der Waals surface area contributed by atoms with E-state index in [1.165, 1.54) is 44.9 Å². The maximum Gasteiger partial charge on any atom is 0.267 e. The zero-order valence-electron chi connectivity index (χ0n) is 19.3. The van der Waals surface area contributed by atoms with Crippen molar-refractivity contribution in [1.29, 1.82) is 0 Å². The molecule has 0 saturated heterocycles. The molecule has 5 rings (SSSR count). The van der Waals surface area contributed by atoms with E-state index in [4.69, 9.17) is 5.21 Å². The van der Waals surface area contributed by atoms with Crippen molar-refractivity contribution in [1.82, 2.24) is 20.3 Å². The van der Waals surface area contributed by atoms with Gasteiger partial charge >= 0.3 is 0 Å². The van der Waals surface area contributed by atoms with Crippen molar-refractivity contribution in [3.63, 3.8) is 0 Å². The number of nitrogens with one attached hydrogen (secondary N) is 3. The largest absolute Gasteiger partial charge is 0.364 e. The van der Waals surface area contributed by atoms with Crippen LogP contribution in [0, 0.1) is 6.92 Å². The molecule has 6 nitrogen and oxygen atoms in total. The number of fused-ring (bicyclic) bond motifs is 2. The normalized spacial score (nSPS) is 15.4. The van der Waals surface area contributed by atoms with Gasteiger partial charge in [0.1, 0.15) is 0 Å². The summed E-state index contributed by atoms with van der Waals surface area (Å²) in [6.07, 6.45) is 10.3. The van der Waals surface area contributed by atoms with Crippen molar-refractivity contribution in [3.8, 4) is 0 Å². The summed E-state index contributed by atoms with van der Waals surface area (Å²) in [5.74, 6) is -0.525. The van der Waals surface area contributed by atoms with E-state index in [0.717, 1.165) is 37.9 Å². The number of benzene rings is 2.